The summed E-state index contributed by atoms with van der Waals surface area (Å²) in [5, 5.41) is 3.37. The molecule has 0 amide bonds. The minimum absolute atomic E-state index is 0.354. The van der Waals surface area contributed by atoms with Crippen molar-refractivity contribution in [3.8, 4) is 0 Å². The van der Waals surface area contributed by atoms with Crippen molar-refractivity contribution in [1.29, 1.82) is 0 Å². The summed E-state index contributed by atoms with van der Waals surface area (Å²) in [6.45, 7) is 3.19. The Morgan fingerprint density at radius 1 is 1.24 bits per heavy atom. The molecule has 96 valence electrons. The fourth-order valence-corrected chi connectivity index (χ4v) is 2.33. The highest BCUT2D eigenvalue weighted by Gasteiger charge is 2.13. The van der Waals surface area contributed by atoms with Crippen LogP contribution >= 0.6 is 15.9 Å². The summed E-state index contributed by atoms with van der Waals surface area (Å²) in [7, 11) is 3.45. The number of halogens is 1. The van der Waals surface area contributed by atoms with E-state index >= 15 is 0 Å². The second-order valence-electron chi connectivity index (χ2n) is 3.87. The van der Waals surface area contributed by atoms with Gasteiger partial charge >= 0.3 is 0 Å². The van der Waals surface area contributed by atoms with Crippen molar-refractivity contribution >= 4 is 15.9 Å². The van der Waals surface area contributed by atoms with Crippen molar-refractivity contribution in [2.75, 3.05) is 40.5 Å². The molecule has 0 saturated heterocycles. The molecule has 0 aliphatic rings. The SMILES string of the molecule is COCCNCC(COC)c1ccccc1Br. The molecule has 3 nitrogen and oxygen atoms in total. The molecular weight excluding hydrogens is 282 g/mol. The van der Waals surface area contributed by atoms with E-state index in [2.05, 4.69) is 39.4 Å². The monoisotopic (exact) mass is 301 g/mol. The second-order valence-corrected chi connectivity index (χ2v) is 4.73. The van der Waals surface area contributed by atoms with Gasteiger partial charge in [0.2, 0.25) is 0 Å². The van der Waals surface area contributed by atoms with E-state index in [0.717, 1.165) is 24.2 Å². The summed E-state index contributed by atoms with van der Waals surface area (Å²) >= 11 is 3.58. The van der Waals surface area contributed by atoms with E-state index in [1.165, 1.54) is 5.56 Å². The van der Waals surface area contributed by atoms with Crippen LogP contribution in [-0.2, 0) is 9.47 Å². The average Bonchev–Trinajstić information content (AvgIpc) is 2.34. The number of hydrogen-bond donors (Lipinski definition) is 1. The van der Waals surface area contributed by atoms with Gasteiger partial charge in [-0.3, -0.25) is 0 Å². The van der Waals surface area contributed by atoms with Gasteiger partial charge in [-0.15, -0.1) is 0 Å². The standard InChI is InChI=1S/C13H20BrNO2/c1-16-8-7-15-9-11(10-17-2)12-5-3-4-6-13(12)14/h3-6,11,15H,7-10H2,1-2H3. The predicted octanol–water partition coefficient (Wildman–Crippen LogP) is 2.42. The molecule has 1 aromatic rings. The average molecular weight is 302 g/mol. The van der Waals surface area contributed by atoms with Crippen LogP contribution in [0.1, 0.15) is 11.5 Å². The van der Waals surface area contributed by atoms with Crippen LogP contribution in [0.4, 0.5) is 0 Å². The molecular formula is C13H20BrNO2. The van der Waals surface area contributed by atoms with Crippen molar-refractivity contribution < 1.29 is 9.47 Å². The number of benzene rings is 1. The maximum atomic E-state index is 5.28. The first kappa shape index (κ1) is 14.6. The zero-order valence-electron chi connectivity index (χ0n) is 10.4. The van der Waals surface area contributed by atoms with Crippen LogP contribution < -0.4 is 5.32 Å². The molecule has 0 aliphatic carbocycles. The molecule has 0 saturated carbocycles. The number of rotatable bonds is 8. The Morgan fingerprint density at radius 3 is 2.65 bits per heavy atom. The molecule has 1 N–H and O–H groups in total. The fourth-order valence-electron chi connectivity index (χ4n) is 1.72. The van der Waals surface area contributed by atoms with Crippen LogP contribution in [-0.4, -0.2) is 40.5 Å². The first-order valence-corrected chi connectivity index (χ1v) is 6.52. The van der Waals surface area contributed by atoms with Crippen molar-refractivity contribution in [1.82, 2.24) is 5.32 Å². The molecule has 0 heterocycles. The van der Waals surface area contributed by atoms with Gasteiger partial charge in [-0.05, 0) is 11.6 Å². The molecule has 1 rings (SSSR count). The summed E-state index contributed by atoms with van der Waals surface area (Å²) in [5.74, 6) is 0.354. The maximum Gasteiger partial charge on any atom is 0.0587 e. The zero-order valence-corrected chi connectivity index (χ0v) is 12.0. The van der Waals surface area contributed by atoms with Crippen LogP contribution in [0.2, 0.25) is 0 Å². The van der Waals surface area contributed by atoms with E-state index in [4.69, 9.17) is 9.47 Å². The van der Waals surface area contributed by atoms with Gasteiger partial charge in [0.15, 0.2) is 0 Å². The molecule has 0 aromatic heterocycles. The van der Waals surface area contributed by atoms with Gasteiger partial charge < -0.3 is 14.8 Å². The Balaban J connectivity index is 2.56. The first-order valence-electron chi connectivity index (χ1n) is 5.72. The largest absolute Gasteiger partial charge is 0.384 e. The van der Waals surface area contributed by atoms with E-state index in [1.807, 2.05) is 6.07 Å². The molecule has 1 aromatic carbocycles. The molecule has 4 heteroatoms. The summed E-state index contributed by atoms with van der Waals surface area (Å²) < 4.78 is 11.4. The second kappa shape index (κ2) is 8.64. The lowest BCUT2D eigenvalue weighted by Gasteiger charge is -2.18. The summed E-state index contributed by atoms with van der Waals surface area (Å²) in [5.41, 5.74) is 1.28. The van der Waals surface area contributed by atoms with Gasteiger partial charge in [0.1, 0.15) is 0 Å². The molecule has 17 heavy (non-hydrogen) atoms. The van der Waals surface area contributed by atoms with Crippen molar-refractivity contribution in [3.63, 3.8) is 0 Å². The quantitative estimate of drug-likeness (QED) is 0.748. The Bertz CT molecular complexity index is 320. The van der Waals surface area contributed by atoms with E-state index in [1.54, 1.807) is 14.2 Å². The van der Waals surface area contributed by atoms with Crippen LogP contribution in [0.3, 0.4) is 0 Å². The minimum Gasteiger partial charge on any atom is -0.384 e. The van der Waals surface area contributed by atoms with Crippen molar-refractivity contribution in [2.24, 2.45) is 0 Å². The highest BCUT2D eigenvalue weighted by molar-refractivity contribution is 9.10. The number of nitrogens with one attached hydrogen (secondary N) is 1. The van der Waals surface area contributed by atoms with Gasteiger partial charge in [0.25, 0.3) is 0 Å². The summed E-state index contributed by atoms with van der Waals surface area (Å²) in [6.07, 6.45) is 0. The predicted molar refractivity (Wildman–Crippen MR) is 73.5 cm³/mol. The van der Waals surface area contributed by atoms with Crippen LogP contribution in [0.15, 0.2) is 28.7 Å². The van der Waals surface area contributed by atoms with Crippen molar-refractivity contribution in [2.45, 2.75) is 5.92 Å². The van der Waals surface area contributed by atoms with Gasteiger partial charge in [-0.2, -0.15) is 0 Å². The lowest BCUT2D eigenvalue weighted by molar-refractivity contribution is 0.172. The highest BCUT2D eigenvalue weighted by Crippen LogP contribution is 2.24. The first-order chi connectivity index (χ1) is 8.29. The third-order valence-corrected chi connectivity index (χ3v) is 3.31. The molecule has 0 radical (unpaired) electrons. The molecule has 1 unspecified atom stereocenters. The fraction of sp³-hybridized carbons (Fsp3) is 0.538. The van der Waals surface area contributed by atoms with Gasteiger partial charge in [0, 0.05) is 37.7 Å². The number of ether oxygens (including phenoxy) is 2. The molecule has 0 aliphatic heterocycles. The van der Waals surface area contributed by atoms with Crippen LogP contribution in [0, 0.1) is 0 Å². The molecule has 1 atom stereocenters. The molecule has 0 fully saturated rings. The highest BCUT2D eigenvalue weighted by atomic mass is 79.9. The molecule has 0 bridgehead atoms. The third kappa shape index (κ3) is 5.17. The number of methoxy groups -OCH3 is 2. The topological polar surface area (TPSA) is 30.5 Å². The van der Waals surface area contributed by atoms with E-state index in [-0.39, 0.29) is 0 Å². The normalized spacial score (nSPS) is 12.6. The Kier molecular flexibility index (Phi) is 7.44. The molecule has 0 spiro atoms. The van der Waals surface area contributed by atoms with Gasteiger partial charge in [0.05, 0.1) is 13.2 Å². The lowest BCUT2D eigenvalue weighted by Crippen LogP contribution is -2.27. The Labute approximate surface area is 112 Å². The Hall–Kier alpha value is -0.420. The van der Waals surface area contributed by atoms with E-state index < -0.39 is 0 Å². The zero-order chi connectivity index (χ0) is 12.5. The van der Waals surface area contributed by atoms with Crippen LogP contribution in [0.25, 0.3) is 0 Å². The summed E-state index contributed by atoms with van der Waals surface area (Å²) in [4.78, 5) is 0. The Morgan fingerprint density at radius 2 is 2.00 bits per heavy atom. The van der Waals surface area contributed by atoms with E-state index in [0.29, 0.717) is 12.5 Å². The van der Waals surface area contributed by atoms with Crippen LogP contribution in [0.5, 0.6) is 0 Å². The smallest absolute Gasteiger partial charge is 0.0587 e. The third-order valence-electron chi connectivity index (χ3n) is 2.59. The summed E-state index contributed by atoms with van der Waals surface area (Å²) in [6, 6.07) is 8.27. The number of hydrogen-bond acceptors (Lipinski definition) is 3. The van der Waals surface area contributed by atoms with Gasteiger partial charge in [-0.1, -0.05) is 34.1 Å². The van der Waals surface area contributed by atoms with E-state index in [9.17, 15) is 0 Å². The maximum absolute atomic E-state index is 5.28. The van der Waals surface area contributed by atoms with Crippen molar-refractivity contribution in [3.05, 3.63) is 34.3 Å². The van der Waals surface area contributed by atoms with Gasteiger partial charge in [-0.25, -0.2) is 0 Å². The minimum atomic E-state index is 0.354. The lowest BCUT2D eigenvalue weighted by atomic mass is 10.00.